The first kappa shape index (κ1) is 12.5. The minimum absolute atomic E-state index is 0.0113. The maximum atomic E-state index is 6.14. The third-order valence-electron chi connectivity index (χ3n) is 2.90. The molecule has 0 radical (unpaired) electrons. The summed E-state index contributed by atoms with van der Waals surface area (Å²) in [7, 11) is -0.0113. The lowest BCUT2D eigenvalue weighted by Crippen LogP contribution is -2.05. The van der Waals surface area contributed by atoms with Crippen molar-refractivity contribution in [2.45, 2.75) is 23.6 Å². The van der Waals surface area contributed by atoms with E-state index in [0.717, 1.165) is 0 Å². The Morgan fingerprint density at radius 1 is 0.882 bits per heavy atom. The number of hydrogen-bond donors (Lipinski definition) is 0. The fraction of sp³-hybridized carbons (Fsp3) is 0.200. The van der Waals surface area contributed by atoms with Gasteiger partial charge in [0.05, 0.1) is 10.9 Å². The molecule has 0 nitrogen and oxygen atoms in total. The number of aryl methyl sites for hydroxylation is 2. The molecule has 0 aliphatic carbocycles. The first-order chi connectivity index (χ1) is 8.22. The van der Waals surface area contributed by atoms with Crippen LogP contribution in [0.3, 0.4) is 0 Å². The monoisotopic (exact) mass is 263 g/mol. The van der Waals surface area contributed by atoms with Crippen LogP contribution in [0.1, 0.15) is 11.1 Å². The molecule has 0 bridgehead atoms. The van der Waals surface area contributed by atoms with Crippen molar-refractivity contribution in [1.82, 2.24) is 0 Å². The van der Waals surface area contributed by atoms with Crippen LogP contribution in [0.2, 0.25) is 0 Å². The number of benzene rings is 2. The van der Waals surface area contributed by atoms with E-state index in [1.165, 1.54) is 20.9 Å². The van der Waals surface area contributed by atoms with E-state index in [0.29, 0.717) is 5.21 Å². The number of hydrogen-bond acceptors (Lipinski definition) is 0. The zero-order valence-corrected chi connectivity index (χ0v) is 11.7. The van der Waals surface area contributed by atoms with E-state index in [2.05, 4.69) is 56.3 Å². The van der Waals surface area contributed by atoms with Gasteiger partial charge >= 0.3 is 0 Å². The maximum Gasteiger partial charge on any atom is 0.192 e. The second-order valence-corrected chi connectivity index (χ2v) is 6.66. The Balaban J connectivity index is 2.39. The highest BCUT2D eigenvalue weighted by atomic mass is 35.5. The zero-order valence-electron chi connectivity index (χ0n) is 10.1. The van der Waals surface area contributed by atoms with Gasteiger partial charge in [0, 0.05) is 0 Å². The summed E-state index contributed by atoms with van der Waals surface area (Å²) in [5.41, 5.74) is 2.67. The van der Waals surface area contributed by atoms with E-state index in [1.54, 1.807) is 0 Å². The second-order valence-electron chi connectivity index (χ2n) is 4.06. The summed E-state index contributed by atoms with van der Waals surface area (Å²) >= 11 is 6.14. The summed E-state index contributed by atoms with van der Waals surface area (Å²) in [5.74, 6) is 0. The molecule has 2 rings (SSSR count). The van der Waals surface area contributed by atoms with Gasteiger partial charge < -0.3 is 0 Å². The highest BCUT2D eigenvalue weighted by molar-refractivity contribution is 7.98. The summed E-state index contributed by atoms with van der Waals surface area (Å²) in [6.07, 6.45) is 0. The topological polar surface area (TPSA) is 0 Å². The number of halogens is 1. The molecule has 0 saturated carbocycles. The molecular formula is C15H16ClS+. The first-order valence-corrected chi connectivity index (χ1v) is 7.54. The molecule has 0 aromatic heterocycles. The molecule has 88 valence electrons. The number of alkyl halides is 1. The van der Waals surface area contributed by atoms with Crippen molar-refractivity contribution in [1.29, 1.82) is 0 Å². The third kappa shape index (κ3) is 2.85. The molecule has 1 unspecified atom stereocenters. The zero-order chi connectivity index (χ0) is 12.3. The predicted octanol–water partition coefficient (Wildman–Crippen LogP) is 4.54. The summed E-state index contributed by atoms with van der Waals surface area (Å²) in [6.45, 7) is 4.29. The Kier molecular flexibility index (Phi) is 4.14. The third-order valence-corrected chi connectivity index (χ3v) is 5.44. The van der Waals surface area contributed by atoms with Crippen LogP contribution in [0.4, 0.5) is 0 Å². The van der Waals surface area contributed by atoms with Crippen LogP contribution in [-0.4, -0.2) is 5.21 Å². The molecule has 0 amide bonds. The van der Waals surface area contributed by atoms with Gasteiger partial charge in [-0.05, 0) is 49.2 Å². The molecule has 0 N–H and O–H groups in total. The highest BCUT2D eigenvalue weighted by Crippen LogP contribution is 2.26. The highest BCUT2D eigenvalue weighted by Gasteiger charge is 2.23. The molecule has 1 atom stereocenters. The van der Waals surface area contributed by atoms with Crippen LogP contribution in [0.25, 0.3) is 0 Å². The smallest absolute Gasteiger partial charge is 0.0672 e. The molecule has 17 heavy (non-hydrogen) atoms. The molecule has 2 heteroatoms. The van der Waals surface area contributed by atoms with Crippen LogP contribution in [0.5, 0.6) is 0 Å². The van der Waals surface area contributed by atoms with E-state index in [1.807, 2.05) is 6.07 Å². The molecule has 0 saturated heterocycles. The Morgan fingerprint density at radius 3 is 2.18 bits per heavy atom. The molecule has 2 aromatic carbocycles. The molecule has 0 fully saturated rings. The lowest BCUT2D eigenvalue weighted by Gasteiger charge is -2.06. The fourth-order valence-corrected chi connectivity index (χ4v) is 4.03. The minimum atomic E-state index is -0.0113. The summed E-state index contributed by atoms with van der Waals surface area (Å²) in [4.78, 5) is 2.64. The average Bonchev–Trinajstić information content (AvgIpc) is 2.36. The molecule has 0 aliphatic rings. The van der Waals surface area contributed by atoms with Gasteiger partial charge in [0.2, 0.25) is 0 Å². The van der Waals surface area contributed by atoms with E-state index < -0.39 is 0 Å². The van der Waals surface area contributed by atoms with Crippen LogP contribution in [-0.2, 0) is 10.9 Å². The van der Waals surface area contributed by atoms with E-state index in [4.69, 9.17) is 11.6 Å². The summed E-state index contributed by atoms with van der Waals surface area (Å²) < 4.78 is 0. The van der Waals surface area contributed by atoms with Gasteiger partial charge in [-0.2, -0.15) is 0 Å². The first-order valence-electron chi connectivity index (χ1n) is 5.61. The van der Waals surface area contributed by atoms with Gasteiger partial charge in [-0.3, -0.25) is 0 Å². The molecule has 0 aliphatic heterocycles. The van der Waals surface area contributed by atoms with Gasteiger partial charge in [0.1, 0.15) is 0 Å². The van der Waals surface area contributed by atoms with Crippen molar-refractivity contribution in [3.63, 3.8) is 0 Å². The van der Waals surface area contributed by atoms with Gasteiger partial charge in [-0.25, -0.2) is 0 Å². The Morgan fingerprint density at radius 2 is 1.59 bits per heavy atom. The Hall–Kier alpha value is -0.920. The largest absolute Gasteiger partial charge is 0.192 e. The normalized spacial score (nSPS) is 12.4. The Labute approximate surface area is 111 Å². The standard InChI is InChI=1S/C15H16ClS/c1-12-8-9-15(10-13(12)2)17(11-16)14-6-4-3-5-7-14/h3-10H,11H2,1-2H3/q+1. The lowest BCUT2D eigenvalue weighted by atomic mass is 10.1. The van der Waals surface area contributed by atoms with Crippen molar-refractivity contribution >= 4 is 22.5 Å². The van der Waals surface area contributed by atoms with Crippen molar-refractivity contribution in [3.05, 3.63) is 59.7 Å². The Bertz CT molecular complexity index is 494. The fourth-order valence-electron chi connectivity index (χ4n) is 1.71. The van der Waals surface area contributed by atoms with Crippen molar-refractivity contribution in [2.75, 3.05) is 5.21 Å². The lowest BCUT2D eigenvalue weighted by molar-refractivity contribution is 1.26. The van der Waals surface area contributed by atoms with Crippen molar-refractivity contribution < 1.29 is 0 Å². The summed E-state index contributed by atoms with van der Waals surface area (Å²) in [5, 5.41) is 0.645. The molecule has 2 aromatic rings. The molecular weight excluding hydrogens is 248 g/mol. The maximum absolute atomic E-state index is 6.14. The van der Waals surface area contributed by atoms with Crippen LogP contribution >= 0.6 is 11.6 Å². The van der Waals surface area contributed by atoms with E-state index in [-0.39, 0.29) is 10.9 Å². The molecule has 0 heterocycles. The van der Waals surface area contributed by atoms with Gasteiger partial charge in [0.15, 0.2) is 15.0 Å². The van der Waals surface area contributed by atoms with Crippen LogP contribution in [0, 0.1) is 13.8 Å². The van der Waals surface area contributed by atoms with Gasteiger partial charge in [-0.15, -0.1) is 0 Å². The van der Waals surface area contributed by atoms with Gasteiger partial charge in [0.25, 0.3) is 0 Å². The van der Waals surface area contributed by atoms with Crippen LogP contribution < -0.4 is 0 Å². The second kappa shape index (κ2) is 5.61. The van der Waals surface area contributed by atoms with E-state index in [9.17, 15) is 0 Å². The minimum Gasteiger partial charge on any atom is -0.0672 e. The quantitative estimate of drug-likeness (QED) is 0.564. The SMILES string of the molecule is Cc1ccc([S+](CCl)c2ccccc2)cc1C. The van der Waals surface area contributed by atoms with Crippen molar-refractivity contribution in [3.8, 4) is 0 Å². The van der Waals surface area contributed by atoms with Crippen molar-refractivity contribution in [2.24, 2.45) is 0 Å². The van der Waals surface area contributed by atoms with Gasteiger partial charge in [-0.1, -0.05) is 35.9 Å². The van der Waals surface area contributed by atoms with E-state index >= 15 is 0 Å². The number of rotatable bonds is 3. The predicted molar refractivity (Wildman–Crippen MR) is 77.0 cm³/mol. The summed E-state index contributed by atoms with van der Waals surface area (Å²) in [6, 6.07) is 17.1. The van der Waals surface area contributed by atoms with Crippen LogP contribution in [0.15, 0.2) is 58.3 Å². The average molecular weight is 264 g/mol. The molecule has 0 spiro atoms.